The van der Waals surface area contributed by atoms with E-state index in [4.69, 9.17) is 0 Å². The summed E-state index contributed by atoms with van der Waals surface area (Å²) >= 11 is 0. The number of benzene rings is 1. The van der Waals surface area contributed by atoms with Crippen molar-refractivity contribution in [1.29, 1.82) is 0 Å². The zero-order valence-corrected chi connectivity index (χ0v) is 13.8. The van der Waals surface area contributed by atoms with Gasteiger partial charge in [-0.1, -0.05) is 18.2 Å². The number of hydrogen-bond acceptors (Lipinski definition) is 4. The lowest BCUT2D eigenvalue weighted by molar-refractivity contribution is -0.136. The Hall–Kier alpha value is -2.83. The van der Waals surface area contributed by atoms with Gasteiger partial charge in [-0.2, -0.15) is 5.10 Å². The number of rotatable bonds is 3. The number of aryl methyl sites for hydroxylation is 2. The lowest BCUT2D eigenvalue weighted by Crippen LogP contribution is -2.43. The summed E-state index contributed by atoms with van der Waals surface area (Å²) in [6.07, 6.45) is 4.54. The maximum Gasteiger partial charge on any atom is 0.313 e. The van der Waals surface area contributed by atoms with E-state index in [2.05, 4.69) is 20.6 Å². The van der Waals surface area contributed by atoms with E-state index in [-0.39, 0.29) is 6.04 Å². The summed E-state index contributed by atoms with van der Waals surface area (Å²) in [5.74, 6) is -1.24. The Labute approximate surface area is 140 Å². The molecular formula is C17H21N5O2. The zero-order valence-electron chi connectivity index (χ0n) is 13.8. The molecule has 1 aliphatic rings. The van der Waals surface area contributed by atoms with Crippen LogP contribution in [0.3, 0.4) is 0 Å². The molecule has 2 amide bonds. The maximum absolute atomic E-state index is 12.1. The molecule has 2 aromatic rings. The minimum Gasteiger partial charge on any atom is -0.367 e. The quantitative estimate of drug-likeness (QED) is 0.826. The van der Waals surface area contributed by atoms with E-state index >= 15 is 0 Å². The molecule has 0 aliphatic carbocycles. The summed E-state index contributed by atoms with van der Waals surface area (Å²) in [6.45, 7) is 3.39. The van der Waals surface area contributed by atoms with Gasteiger partial charge < -0.3 is 15.5 Å². The number of carbonyl (C=O) groups excluding carboxylic acids is 2. The molecule has 7 nitrogen and oxygen atoms in total. The first-order valence-corrected chi connectivity index (χ1v) is 7.94. The molecule has 126 valence electrons. The first kappa shape index (κ1) is 16.0. The molecule has 3 rings (SSSR count). The normalized spacial score (nSPS) is 16.9. The van der Waals surface area contributed by atoms with Crippen molar-refractivity contribution >= 4 is 23.2 Å². The van der Waals surface area contributed by atoms with Crippen molar-refractivity contribution in [2.45, 2.75) is 19.4 Å². The van der Waals surface area contributed by atoms with Crippen LogP contribution in [0.2, 0.25) is 0 Å². The van der Waals surface area contributed by atoms with Gasteiger partial charge in [0.1, 0.15) is 0 Å². The van der Waals surface area contributed by atoms with Gasteiger partial charge in [-0.3, -0.25) is 14.3 Å². The van der Waals surface area contributed by atoms with Crippen molar-refractivity contribution in [2.75, 3.05) is 23.3 Å². The van der Waals surface area contributed by atoms with Crippen LogP contribution in [0.25, 0.3) is 0 Å². The summed E-state index contributed by atoms with van der Waals surface area (Å²) in [5, 5.41) is 9.61. The van der Waals surface area contributed by atoms with Crippen LogP contribution in [0.4, 0.5) is 11.4 Å². The molecule has 0 saturated carbocycles. The molecule has 7 heteroatoms. The predicted octanol–water partition coefficient (Wildman–Crippen LogP) is 1.06. The Morgan fingerprint density at radius 2 is 2.04 bits per heavy atom. The number of amides is 2. The van der Waals surface area contributed by atoms with Crippen LogP contribution < -0.4 is 15.5 Å². The summed E-state index contributed by atoms with van der Waals surface area (Å²) in [6, 6.07) is 7.33. The minimum absolute atomic E-state index is 0.0414. The van der Waals surface area contributed by atoms with E-state index in [1.54, 1.807) is 16.9 Å². The molecule has 1 unspecified atom stereocenters. The molecule has 2 N–H and O–H groups in total. The van der Waals surface area contributed by atoms with Crippen LogP contribution in [0.15, 0.2) is 36.7 Å². The number of carbonyl (C=O) groups is 2. The molecule has 1 aromatic carbocycles. The molecule has 1 aliphatic heterocycles. The molecule has 1 atom stereocenters. The molecular weight excluding hydrogens is 306 g/mol. The van der Waals surface area contributed by atoms with Crippen LogP contribution in [-0.2, 0) is 16.6 Å². The third-order valence-corrected chi connectivity index (χ3v) is 4.18. The molecule has 0 radical (unpaired) electrons. The van der Waals surface area contributed by atoms with Gasteiger partial charge in [-0.05, 0) is 25.0 Å². The van der Waals surface area contributed by atoms with Crippen LogP contribution >= 0.6 is 0 Å². The summed E-state index contributed by atoms with van der Waals surface area (Å²) in [4.78, 5) is 26.3. The van der Waals surface area contributed by atoms with Gasteiger partial charge >= 0.3 is 11.8 Å². The van der Waals surface area contributed by atoms with Crippen LogP contribution in [0.5, 0.6) is 0 Å². The lowest BCUT2D eigenvalue weighted by atomic mass is 10.2. The van der Waals surface area contributed by atoms with E-state index in [1.807, 2.05) is 38.4 Å². The Bertz CT molecular complexity index is 755. The summed E-state index contributed by atoms with van der Waals surface area (Å²) < 4.78 is 1.75. The van der Waals surface area contributed by atoms with E-state index in [0.717, 1.165) is 24.2 Å². The highest BCUT2D eigenvalue weighted by Crippen LogP contribution is 2.19. The number of nitrogens with zero attached hydrogens (tertiary/aromatic N) is 3. The first-order valence-electron chi connectivity index (χ1n) is 7.94. The second-order valence-electron chi connectivity index (χ2n) is 6.05. The third-order valence-electron chi connectivity index (χ3n) is 4.18. The molecule has 0 spiro atoms. The summed E-state index contributed by atoms with van der Waals surface area (Å²) in [7, 11) is 1.87. The minimum atomic E-state index is -0.635. The molecule has 1 fully saturated rings. The fraction of sp³-hybridized carbons (Fsp3) is 0.353. The van der Waals surface area contributed by atoms with Crippen LogP contribution in [0.1, 0.15) is 12.0 Å². The number of nitrogens with one attached hydrogen (secondary N) is 2. The van der Waals surface area contributed by atoms with Gasteiger partial charge in [0, 0.05) is 38.1 Å². The van der Waals surface area contributed by atoms with Gasteiger partial charge in [-0.15, -0.1) is 0 Å². The standard InChI is InChI=1S/C17H21N5O2/c1-12-5-3-4-6-15(12)20-17(24)16(23)19-13-7-8-22(10-13)14-9-18-21(2)11-14/h3-6,9,11,13H,7-8,10H2,1-2H3,(H,19,23)(H,20,24). The third kappa shape index (κ3) is 3.56. The molecule has 0 bridgehead atoms. The van der Waals surface area contributed by atoms with Gasteiger partial charge in [0.2, 0.25) is 0 Å². The van der Waals surface area contributed by atoms with E-state index in [0.29, 0.717) is 12.2 Å². The van der Waals surface area contributed by atoms with Crippen molar-refractivity contribution in [3.05, 3.63) is 42.2 Å². The highest BCUT2D eigenvalue weighted by Gasteiger charge is 2.27. The predicted molar refractivity (Wildman–Crippen MR) is 91.8 cm³/mol. The van der Waals surface area contributed by atoms with Crippen molar-refractivity contribution < 1.29 is 9.59 Å². The monoisotopic (exact) mass is 327 g/mol. The molecule has 24 heavy (non-hydrogen) atoms. The molecule has 2 heterocycles. The number of hydrogen-bond donors (Lipinski definition) is 2. The second kappa shape index (κ2) is 6.74. The first-order chi connectivity index (χ1) is 11.5. The highest BCUT2D eigenvalue weighted by atomic mass is 16.2. The lowest BCUT2D eigenvalue weighted by Gasteiger charge is -2.16. The average molecular weight is 327 g/mol. The second-order valence-corrected chi connectivity index (χ2v) is 6.05. The molecule has 1 aromatic heterocycles. The Morgan fingerprint density at radius 1 is 1.25 bits per heavy atom. The van der Waals surface area contributed by atoms with Gasteiger partial charge in [-0.25, -0.2) is 0 Å². The number of aromatic nitrogens is 2. The van der Waals surface area contributed by atoms with E-state index in [9.17, 15) is 9.59 Å². The maximum atomic E-state index is 12.1. The largest absolute Gasteiger partial charge is 0.367 e. The van der Waals surface area contributed by atoms with Crippen molar-refractivity contribution in [3.63, 3.8) is 0 Å². The van der Waals surface area contributed by atoms with Crippen LogP contribution in [-0.4, -0.2) is 40.7 Å². The van der Waals surface area contributed by atoms with E-state index < -0.39 is 11.8 Å². The smallest absolute Gasteiger partial charge is 0.313 e. The average Bonchev–Trinajstić information content (AvgIpc) is 3.18. The number of anilines is 2. The fourth-order valence-electron chi connectivity index (χ4n) is 2.83. The summed E-state index contributed by atoms with van der Waals surface area (Å²) in [5.41, 5.74) is 2.60. The van der Waals surface area contributed by atoms with Crippen molar-refractivity contribution in [3.8, 4) is 0 Å². The zero-order chi connectivity index (χ0) is 17.1. The molecule has 1 saturated heterocycles. The fourth-order valence-corrected chi connectivity index (χ4v) is 2.83. The highest BCUT2D eigenvalue weighted by molar-refractivity contribution is 6.39. The van der Waals surface area contributed by atoms with E-state index in [1.165, 1.54) is 0 Å². The Morgan fingerprint density at radius 3 is 2.75 bits per heavy atom. The Balaban J connectivity index is 1.53. The van der Waals surface area contributed by atoms with Crippen molar-refractivity contribution in [1.82, 2.24) is 15.1 Å². The number of para-hydroxylation sites is 1. The Kier molecular flexibility index (Phi) is 4.50. The van der Waals surface area contributed by atoms with Gasteiger partial charge in [0.25, 0.3) is 0 Å². The van der Waals surface area contributed by atoms with Gasteiger partial charge in [0.05, 0.1) is 11.9 Å². The topological polar surface area (TPSA) is 79.3 Å². The van der Waals surface area contributed by atoms with Crippen LogP contribution in [0, 0.1) is 6.92 Å². The SMILES string of the molecule is Cc1ccccc1NC(=O)C(=O)NC1CCN(c2cnn(C)c2)C1. The van der Waals surface area contributed by atoms with Gasteiger partial charge in [0.15, 0.2) is 0 Å². The van der Waals surface area contributed by atoms with Crippen molar-refractivity contribution in [2.24, 2.45) is 7.05 Å².